The zero-order valence-electron chi connectivity index (χ0n) is 13.5. The molecule has 2 aromatic rings. The van der Waals surface area contributed by atoms with E-state index in [1.54, 1.807) is 11.3 Å². The standard InChI is InChI=1S/C17H22N4OS/c1-11-16(23-12(2)20-11)7-9-19-17(18)21-14-8-10-22-15-6-4-3-5-13(14)15/h3-6,14H,7-10H2,1-2H3,(H3,18,19,21). The first-order valence-electron chi connectivity index (χ1n) is 7.84. The van der Waals surface area contributed by atoms with E-state index in [0.29, 0.717) is 19.1 Å². The largest absolute Gasteiger partial charge is 0.493 e. The number of aliphatic imine (C=N–C) groups is 1. The maximum Gasteiger partial charge on any atom is 0.189 e. The number of aromatic nitrogens is 1. The SMILES string of the molecule is Cc1nc(C)c(CCN=C(N)NC2CCOc3ccccc32)s1. The number of hydrogen-bond donors (Lipinski definition) is 2. The lowest BCUT2D eigenvalue weighted by atomic mass is 10.0. The molecule has 1 unspecified atom stereocenters. The summed E-state index contributed by atoms with van der Waals surface area (Å²) in [7, 11) is 0. The van der Waals surface area contributed by atoms with Gasteiger partial charge >= 0.3 is 0 Å². The van der Waals surface area contributed by atoms with Crippen LogP contribution in [0.4, 0.5) is 0 Å². The van der Waals surface area contributed by atoms with Crippen molar-refractivity contribution in [2.45, 2.75) is 32.7 Å². The van der Waals surface area contributed by atoms with Crippen LogP contribution < -0.4 is 15.8 Å². The van der Waals surface area contributed by atoms with E-state index in [2.05, 4.69) is 21.4 Å². The minimum atomic E-state index is 0.163. The first kappa shape index (κ1) is 15.8. The smallest absolute Gasteiger partial charge is 0.189 e. The molecule has 0 amide bonds. The van der Waals surface area contributed by atoms with Crippen molar-refractivity contribution in [3.05, 3.63) is 45.4 Å². The molecule has 1 aliphatic heterocycles. The van der Waals surface area contributed by atoms with Gasteiger partial charge in [0.25, 0.3) is 0 Å². The van der Waals surface area contributed by atoms with Gasteiger partial charge in [0.2, 0.25) is 0 Å². The minimum absolute atomic E-state index is 0.163. The number of ether oxygens (including phenoxy) is 1. The van der Waals surface area contributed by atoms with Crippen LogP contribution in [0.15, 0.2) is 29.3 Å². The predicted molar refractivity (Wildman–Crippen MR) is 94.2 cm³/mol. The molecule has 1 aromatic heterocycles. The fourth-order valence-electron chi connectivity index (χ4n) is 2.80. The molecule has 0 saturated heterocycles. The number of aryl methyl sites for hydroxylation is 2. The van der Waals surface area contributed by atoms with Gasteiger partial charge in [-0.3, -0.25) is 4.99 Å². The third kappa shape index (κ3) is 3.82. The van der Waals surface area contributed by atoms with Gasteiger partial charge in [0.15, 0.2) is 5.96 Å². The highest BCUT2D eigenvalue weighted by Crippen LogP contribution is 2.31. The quantitative estimate of drug-likeness (QED) is 0.668. The van der Waals surface area contributed by atoms with Crippen LogP contribution in [0, 0.1) is 13.8 Å². The number of para-hydroxylation sites is 1. The van der Waals surface area contributed by atoms with E-state index in [1.165, 1.54) is 4.88 Å². The summed E-state index contributed by atoms with van der Waals surface area (Å²) in [6.45, 7) is 5.44. The molecular weight excluding hydrogens is 308 g/mol. The molecule has 1 aromatic carbocycles. The predicted octanol–water partition coefficient (Wildman–Crippen LogP) is 2.73. The van der Waals surface area contributed by atoms with E-state index in [1.807, 2.05) is 32.0 Å². The molecule has 23 heavy (non-hydrogen) atoms. The van der Waals surface area contributed by atoms with Crippen LogP contribution in [0.25, 0.3) is 0 Å². The topological polar surface area (TPSA) is 72.5 Å². The van der Waals surface area contributed by atoms with E-state index >= 15 is 0 Å². The van der Waals surface area contributed by atoms with Crippen LogP contribution in [0.3, 0.4) is 0 Å². The molecule has 0 radical (unpaired) electrons. The second-order valence-electron chi connectivity index (χ2n) is 5.63. The molecule has 0 bridgehead atoms. The molecule has 0 saturated carbocycles. The summed E-state index contributed by atoms with van der Waals surface area (Å²) in [4.78, 5) is 10.2. The molecule has 0 aliphatic carbocycles. The monoisotopic (exact) mass is 330 g/mol. The molecule has 5 nitrogen and oxygen atoms in total. The fraction of sp³-hybridized carbons (Fsp3) is 0.412. The molecule has 122 valence electrons. The highest BCUT2D eigenvalue weighted by molar-refractivity contribution is 7.11. The molecule has 1 aliphatic rings. The number of nitrogens with zero attached hydrogens (tertiary/aromatic N) is 2. The van der Waals surface area contributed by atoms with E-state index in [4.69, 9.17) is 10.5 Å². The van der Waals surface area contributed by atoms with Crippen LogP contribution >= 0.6 is 11.3 Å². The van der Waals surface area contributed by atoms with Crippen molar-refractivity contribution in [1.29, 1.82) is 0 Å². The minimum Gasteiger partial charge on any atom is -0.493 e. The molecule has 0 fully saturated rings. The van der Waals surface area contributed by atoms with Crippen molar-refractivity contribution in [2.75, 3.05) is 13.2 Å². The number of fused-ring (bicyclic) bond motifs is 1. The first-order valence-corrected chi connectivity index (χ1v) is 8.66. The van der Waals surface area contributed by atoms with Gasteiger partial charge in [0, 0.05) is 29.8 Å². The second-order valence-corrected chi connectivity index (χ2v) is 6.92. The van der Waals surface area contributed by atoms with Crippen LogP contribution in [0.2, 0.25) is 0 Å². The van der Waals surface area contributed by atoms with Crippen molar-refractivity contribution >= 4 is 17.3 Å². The average molecular weight is 330 g/mol. The van der Waals surface area contributed by atoms with Gasteiger partial charge < -0.3 is 15.8 Å². The van der Waals surface area contributed by atoms with Crippen LogP contribution in [-0.4, -0.2) is 24.1 Å². The number of benzene rings is 1. The highest BCUT2D eigenvalue weighted by Gasteiger charge is 2.21. The number of hydrogen-bond acceptors (Lipinski definition) is 4. The Morgan fingerprint density at radius 1 is 1.43 bits per heavy atom. The van der Waals surface area contributed by atoms with E-state index in [-0.39, 0.29) is 6.04 Å². The zero-order valence-corrected chi connectivity index (χ0v) is 14.3. The lowest BCUT2D eigenvalue weighted by Crippen LogP contribution is -2.37. The molecule has 1 atom stereocenters. The molecule has 0 spiro atoms. The summed E-state index contributed by atoms with van der Waals surface area (Å²) < 4.78 is 5.66. The van der Waals surface area contributed by atoms with Gasteiger partial charge in [-0.1, -0.05) is 18.2 Å². The van der Waals surface area contributed by atoms with Gasteiger partial charge in [-0.2, -0.15) is 0 Å². The van der Waals surface area contributed by atoms with E-state index < -0.39 is 0 Å². The number of nitrogens with one attached hydrogen (secondary N) is 1. The number of thiazole rings is 1. The zero-order chi connectivity index (χ0) is 16.2. The first-order chi connectivity index (χ1) is 11.1. The Morgan fingerprint density at radius 3 is 3.04 bits per heavy atom. The fourth-order valence-corrected chi connectivity index (χ4v) is 3.73. The van der Waals surface area contributed by atoms with Crippen molar-refractivity contribution in [1.82, 2.24) is 10.3 Å². The number of nitrogens with two attached hydrogens (primary N) is 1. The van der Waals surface area contributed by atoms with Crippen molar-refractivity contribution < 1.29 is 4.74 Å². The van der Waals surface area contributed by atoms with Gasteiger partial charge in [-0.25, -0.2) is 4.98 Å². The van der Waals surface area contributed by atoms with Crippen molar-refractivity contribution in [2.24, 2.45) is 10.7 Å². The average Bonchev–Trinajstić information content (AvgIpc) is 2.85. The van der Waals surface area contributed by atoms with Crippen LogP contribution in [0.5, 0.6) is 5.75 Å². The lowest BCUT2D eigenvalue weighted by Gasteiger charge is -2.26. The summed E-state index contributed by atoms with van der Waals surface area (Å²) in [5, 5.41) is 4.42. The lowest BCUT2D eigenvalue weighted by molar-refractivity contribution is 0.262. The van der Waals surface area contributed by atoms with Crippen molar-refractivity contribution in [3.8, 4) is 5.75 Å². The number of rotatable bonds is 4. The Bertz CT molecular complexity index is 710. The second kappa shape index (κ2) is 7.00. The Labute approximate surface area is 140 Å². The Kier molecular flexibility index (Phi) is 4.81. The maximum absolute atomic E-state index is 6.05. The molecular formula is C17H22N4OS. The van der Waals surface area contributed by atoms with E-state index in [9.17, 15) is 0 Å². The summed E-state index contributed by atoms with van der Waals surface area (Å²) in [5.74, 6) is 1.42. The van der Waals surface area contributed by atoms with E-state index in [0.717, 1.165) is 34.9 Å². The van der Waals surface area contributed by atoms with Gasteiger partial charge in [0.05, 0.1) is 23.4 Å². The summed E-state index contributed by atoms with van der Waals surface area (Å²) in [6, 6.07) is 8.23. The highest BCUT2D eigenvalue weighted by atomic mass is 32.1. The Hall–Kier alpha value is -2.08. The molecule has 2 heterocycles. The number of guanidine groups is 1. The third-order valence-corrected chi connectivity index (χ3v) is 5.03. The summed E-state index contributed by atoms with van der Waals surface area (Å²) >= 11 is 1.73. The third-order valence-electron chi connectivity index (χ3n) is 3.90. The molecule has 3 N–H and O–H groups in total. The molecule has 6 heteroatoms. The van der Waals surface area contributed by atoms with Crippen LogP contribution in [0.1, 0.15) is 33.6 Å². The Balaban J connectivity index is 1.59. The molecule has 3 rings (SSSR count). The maximum atomic E-state index is 6.05. The van der Waals surface area contributed by atoms with Gasteiger partial charge in [-0.05, 0) is 19.9 Å². The normalized spacial score (nSPS) is 17.5. The van der Waals surface area contributed by atoms with Crippen LogP contribution in [-0.2, 0) is 6.42 Å². The van der Waals surface area contributed by atoms with Crippen molar-refractivity contribution in [3.63, 3.8) is 0 Å². The van der Waals surface area contributed by atoms with Gasteiger partial charge in [-0.15, -0.1) is 11.3 Å². The summed E-state index contributed by atoms with van der Waals surface area (Å²) in [5.41, 5.74) is 8.30. The Morgan fingerprint density at radius 2 is 2.26 bits per heavy atom. The summed E-state index contributed by atoms with van der Waals surface area (Å²) in [6.07, 6.45) is 1.77. The van der Waals surface area contributed by atoms with Gasteiger partial charge in [0.1, 0.15) is 5.75 Å².